The van der Waals surface area contributed by atoms with Crippen molar-refractivity contribution >= 4 is 47.2 Å². The van der Waals surface area contributed by atoms with Crippen molar-refractivity contribution in [2.75, 3.05) is 7.11 Å². The van der Waals surface area contributed by atoms with Gasteiger partial charge in [-0.15, -0.1) is 0 Å². The van der Waals surface area contributed by atoms with E-state index in [2.05, 4.69) is 4.72 Å². The van der Waals surface area contributed by atoms with E-state index in [0.717, 1.165) is 23.1 Å². The number of hydrogen-bond donors (Lipinski definition) is 1. The molecule has 1 unspecified atom stereocenters. The summed E-state index contributed by atoms with van der Waals surface area (Å²) in [5.41, 5.74) is 1.09. The van der Waals surface area contributed by atoms with Gasteiger partial charge in [0.25, 0.3) is 0 Å². The van der Waals surface area contributed by atoms with Gasteiger partial charge < -0.3 is 9.47 Å². The summed E-state index contributed by atoms with van der Waals surface area (Å²) in [4.78, 5) is 24.8. The molecule has 0 spiro atoms. The van der Waals surface area contributed by atoms with Gasteiger partial charge in [0.15, 0.2) is 0 Å². The molecule has 2 rings (SSSR count). The number of amides is 1. The molecule has 0 aliphatic carbocycles. The molecule has 0 aliphatic heterocycles. The highest BCUT2D eigenvalue weighted by molar-refractivity contribution is 7.99. The maximum absolute atomic E-state index is 12.8. The van der Waals surface area contributed by atoms with Gasteiger partial charge in [-0.3, -0.25) is 9.52 Å². The molecular weight excluding hydrogens is 469 g/mol. The molecular formula is C24H29Cl2NO4S. The lowest BCUT2D eigenvalue weighted by Crippen LogP contribution is -2.34. The largest absolute Gasteiger partial charge is 0.468 e. The third-order valence-corrected chi connectivity index (χ3v) is 6.50. The Kier molecular flexibility index (Phi) is 9.74. The van der Waals surface area contributed by atoms with Gasteiger partial charge in [-0.1, -0.05) is 75.2 Å². The van der Waals surface area contributed by atoms with Crippen molar-refractivity contribution in [3.05, 3.63) is 69.7 Å². The summed E-state index contributed by atoms with van der Waals surface area (Å²) < 4.78 is 13.4. The predicted octanol–water partition coefficient (Wildman–Crippen LogP) is 6.97. The van der Waals surface area contributed by atoms with Crippen LogP contribution in [-0.2, 0) is 19.7 Å². The van der Waals surface area contributed by atoms with Crippen molar-refractivity contribution in [3.63, 3.8) is 0 Å². The van der Waals surface area contributed by atoms with E-state index in [1.54, 1.807) is 18.2 Å². The second kappa shape index (κ2) is 11.8. The Morgan fingerprint density at radius 2 is 1.72 bits per heavy atom. The van der Waals surface area contributed by atoms with Crippen molar-refractivity contribution in [2.45, 2.75) is 50.9 Å². The summed E-state index contributed by atoms with van der Waals surface area (Å²) in [6.45, 7) is 7.96. The van der Waals surface area contributed by atoms with E-state index in [4.69, 9.17) is 32.7 Å². The first-order chi connectivity index (χ1) is 15.0. The number of esters is 1. The topological polar surface area (TPSA) is 64.6 Å². The summed E-state index contributed by atoms with van der Waals surface area (Å²) in [5.74, 6) is -0.134. The molecule has 174 valence electrons. The van der Waals surface area contributed by atoms with Crippen LogP contribution in [-0.4, -0.2) is 24.4 Å². The average molecular weight is 498 g/mol. The highest BCUT2D eigenvalue weighted by Gasteiger charge is 2.36. The monoisotopic (exact) mass is 497 g/mol. The first-order valence-electron chi connectivity index (χ1n) is 10.3. The molecule has 32 heavy (non-hydrogen) atoms. The van der Waals surface area contributed by atoms with Crippen LogP contribution in [0.1, 0.15) is 51.3 Å². The highest BCUT2D eigenvalue weighted by Crippen LogP contribution is 2.41. The van der Waals surface area contributed by atoms with Crippen LogP contribution in [0, 0.1) is 5.92 Å². The number of hydrogen-bond acceptors (Lipinski definition) is 5. The lowest BCUT2D eigenvalue weighted by molar-refractivity contribution is -0.140. The number of ether oxygens (including phenoxy) is 2. The van der Waals surface area contributed by atoms with E-state index in [9.17, 15) is 9.59 Å². The number of benzene rings is 2. The lowest BCUT2D eigenvalue weighted by Gasteiger charge is -2.35. The van der Waals surface area contributed by atoms with Crippen LogP contribution in [0.4, 0.5) is 4.79 Å². The summed E-state index contributed by atoms with van der Waals surface area (Å²) in [6, 6.07) is 14.6. The van der Waals surface area contributed by atoms with Gasteiger partial charge in [0.1, 0.15) is 11.4 Å². The Hall–Kier alpha value is -1.89. The van der Waals surface area contributed by atoms with Gasteiger partial charge in [-0.25, -0.2) is 4.79 Å². The van der Waals surface area contributed by atoms with Gasteiger partial charge in [-0.05, 0) is 59.7 Å². The van der Waals surface area contributed by atoms with E-state index in [-0.39, 0.29) is 5.92 Å². The molecule has 0 aromatic heterocycles. The third kappa shape index (κ3) is 7.32. The Morgan fingerprint density at radius 1 is 1.06 bits per heavy atom. The van der Waals surface area contributed by atoms with Crippen molar-refractivity contribution in [1.29, 1.82) is 0 Å². The molecule has 0 fully saturated rings. The quantitative estimate of drug-likeness (QED) is 0.299. The molecule has 0 heterocycles. The van der Waals surface area contributed by atoms with Crippen molar-refractivity contribution < 1.29 is 19.1 Å². The molecule has 5 nitrogen and oxygen atoms in total. The normalized spacial score (nSPS) is 13.4. The maximum Gasteiger partial charge on any atom is 0.417 e. The summed E-state index contributed by atoms with van der Waals surface area (Å²) >= 11 is 13.3. The van der Waals surface area contributed by atoms with Crippen LogP contribution in [0.3, 0.4) is 0 Å². The fourth-order valence-electron chi connectivity index (χ4n) is 3.31. The zero-order valence-corrected chi connectivity index (χ0v) is 21.2. The SMILES string of the molecule is COC(=O)[C@H](CC(C)C)SNC(=O)OC(c1ccc(Cl)cc1)C(C)(C)c1cccc(Cl)c1. The zero-order chi connectivity index (χ0) is 23.9. The molecule has 2 aromatic rings. The Balaban J connectivity index is 2.26. The molecule has 0 saturated heterocycles. The molecule has 8 heteroatoms. The lowest BCUT2D eigenvalue weighted by atomic mass is 9.76. The fourth-order valence-corrected chi connectivity index (χ4v) is 4.59. The predicted molar refractivity (Wildman–Crippen MR) is 131 cm³/mol. The summed E-state index contributed by atoms with van der Waals surface area (Å²) in [7, 11) is 1.33. The van der Waals surface area contributed by atoms with Gasteiger partial charge in [0.05, 0.1) is 7.11 Å². The van der Waals surface area contributed by atoms with Crippen LogP contribution in [0.25, 0.3) is 0 Å². The van der Waals surface area contributed by atoms with Gasteiger partial charge in [0, 0.05) is 15.5 Å². The molecule has 0 bridgehead atoms. The van der Waals surface area contributed by atoms with Crippen molar-refractivity contribution in [2.24, 2.45) is 5.92 Å². The van der Waals surface area contributed by atoms with Gasteiger partial charge in [-0.2, -0.15) is 0 Å². The van der Waals surface area contributed by atoms with Crippen LogP contribution < -0.4 is 4.72 Å². The number of rotatable bonds is 9. The van der Waals surface area contributed by atoms with Crippen LogP contribution in [0.2, 0.25) is 10.0 Å². The van der Waals surface area contributed by atoms with E-state index in [1.807, 2.05) is 58.0 Å². The van der Waals surface area contributed by atoms with E-state index < -0.39 is 28.8 Å². The maximum atomic E-state index is 12.8. The Morgan fingerprint density at radius 3 is 2.28 bits per heavy atom. The Labute approximate surface area is 204 Å². The zero-order valence-electron chi connectivity index (χ0n) is 18.9. The molecule has 2 atom stereocenters. The molecule has 1 N–H and O–H groups in total. The first-order valence-corrected chi connectivity index (χ1v) is 11.9. The number of carbonyl (C=O) groups excluding carboxylic acids is 2. The van der Waals surface area contributed by atoms with Crippen molar-refractivity contribution in [1.82, 2.24) is 4.72 Å². The molecule has 0 radical (unpaired) electrons. The minimum Gasteiger partial charge on any atom is -0.468 e. The van der Waals surface area contributed by atoms with E-state index in [0.29, 0.717) is 16.5 Å². The third-order valence-electron chi connectivity index (χ3n) is 5.06. The van der Waals surface area contributed by atoms with E-state index in [1.165, 1.54) is 7.11 Å². The Bertz CT molecular complexity index is 918. The average Bonchev–Trinajstić information content (AvgIpc) is 2.74. The van der Waals surface area contributed by atoms with E-state index >= 15 is 0 Å². The van der Waals surface area contributed by atoms with Gasteiger partial charge in [0.2, 0.25) is 0 Å². The molecule has 1 amide bonds. The number of carbonyl (C=O) groups is 2. The number of nitrogens with one attached hydrogen (secondary N) is 1. The minimum absolute atomic E-state index is 0.257. The van der Waals surface area contributed by atoms with Crippen molar-refractivity contribution in [3.8, 4) is 0 Å². The second-order valence-electron chi connectivity index (χ2n) is 8.43. The molecule has 0 saturated carbocycles. The van der Waals surface area contributed by atoms with Gasteiger partial charge >= 0.3 is 12.1 Å². The molecule has 2 aromatic carbocycles. The van der Waals surface area contributed by atoms with Crippen LogP contribution >= 0.6 is 35.1 Å². The molecule has 0 aliphatic rings. The summed E-state index contributed by atoms with van der Waals surface area (Å²) in [6.07, 6.45) is -0.727. The standard InChI is InChI=1S/C24H29Cl2NO4S/c1-15(2)13-20(22(28)30-5)32-27-23(29)31-21(16-9-11-18(25)12-10-16)24(3,4)17-7-6-8-19(26)14-17/h6-12,14-15,20-21H,13H2,1-5H3,(H,27,29)/t20-,21?/m0/s1. The number of halogens is 2. The summed E-state index contributed by atoms with van der Waals surface area (Å²) in [5, 5.41) is 0.658. The van der Waals surface area contributed by atoms with Crippen LogP contribution in [0.5, 0.6) is 0 Å². The smallest absolute Gasteiger partial charge is 0.417 e. The fraction of sp³-hybridized carbons (Fsp3) is 0.417. The highest BCUT2D eigenvalue weighted by atomic mass is 35.5. The van der Waals surface area contributed by atoms with Crippen LogP contribution in [0.15, 0.2) is 48.5 Å². The first kappa shape index (κ1) is 26.4. The second-order valence-corrected chi connectivity index (χ2v) is 10.3. The minimum atomic E-state index is -0.650. The number of methoxy groups -OCH3 is 1.